The molecule has 0 saturated carbocycles. The molecule has 1 amide bonds. The average Bonchev–Trinajstić information content (AvgIpc) is 2.60. The molecule has 140 valence electrons. The van der Waals surface area contributed by atoms with Gasteiger partial charge in [0, 0.05) is 5.02 Å². The van der Waals surface area contributed by atoms with E-state index in [0.717, 1.165) is 10.6 Å². The van der Waals surface area contributed by atoms with Crippen LogP contribution in [0, 0.1) is 0 Å². The summed E-state index contributed by atoms with van der Waals surface area (Å²) < 4.78 is 30.9. The predicted molar refractivity (Wildman–Crippen MR) is 103 cm³/mol. The third-order valence-corrected chi connectivity index (χ3v) is 5.08. The molecule has 26 heavy (non-hydrogen) atoms. The van der Waals surface area contributed by atoms with E-state index in [0.29, 0.717) is 16.5 Å². The number of carbonyl (C=O) groups is 1. The van der Waals surface area contributed by atoms with Gasteiger partial charge in [0.1, 0.15) is 18.4 Å². The second kappa shape index (κ2) is 8.91. The number of anilines is 1. The molecule has 0 aromatic heterocycles. The van der Waals surface area contributed by atoms with Gasteiger partial charge in [0.25, 0.3) is 0 Å². The van der Waals surface area contributed by atoms with Gasteiger partial charge < -0.3 is 10.1 Å². The fourth-order valence-electron chi connectivity index (χ4n) is 2.41. The van der Waals surface area contributed by atoms with Crippen molar-refractivity contribution in [3.05, 3.63) is 59.6 Å². The molecule has 1 atom stereocenters. The molecule has 0 spiro atoms. The maximum atomic E-state index is 12.4. The van der Waals surface area contributed by atoms with Crippen LogP contribution in [0.1, 0.15) is 6.92 Å². The molecule has 0 aliphatic heterocycles. The van der Waals surface area contributed by atoms with E-state index in [1.165, 1.54) is 0 Å². The van der Waals surface area contributed by atoms with E-state index in [1.54, 1.807) is 61.5 Å². The molecule has 0 saturated heterocycles. The summed E-state index contributed by atoms with van der Waals surface area (Å²) in [5.74, 6) is 0.234. The maximum Gasteiger partial charge on any atom is 0.243 e. The summed E-state index contributed by atoms with van der Waals surface area (Å²) in [6.45, 7) is 2.05. The van der Waals surface area contributed by atoms with Crippen molar-refractivity contribution in [3.63, 3.8) is 0 Å². The minimum Gasteiger partial charge on any atom is -0.492 e. The zero-order valence-corrected chi connectivity index (χ0v) is 16.1. The van der Waals surface area contributed by atoms with E-state index in [4.69, 9.17) is 16.3 Å². The molecule has 8 heteroatoms. The molecule has 0 bridgehead atoms. The number of para-hydroxylation sites is 1. The quantitative estimate of drug-likeness (QED) is 0.696. The topological polar surface area (TPSA) is 75.7 Å². The number of hydrogen-bond acceptors (Lipinski definition) is 4. The van der Waals surface area contributed by atoms with Gasteiger partial charge in [-0.3, -0.25) is 9.10 Å². The van der Waals surface area contributed by atoms with E-state index >= 15 is 0 Å². The first-order chi connectivity index (χ1) is 12.3. The van der Waals surface area contributed by atoms with Crippen LogP contribution in [0.2, 0.25) is 5.02 Å². The Bertz CT molecular complexity index is 826. The summed E-state index contributed by atoms with van der Waals surface area (Å²) in [5, 5.41) is 3.30. The van der Waals surface area contributed by atoms with Gasteiger partial charge in [-0.15, -0.1) is 0 Å². The number of carbonyl (C=O) groups excluding carboxylic acids is 1. The van der Waals surface area contributed by atoms with Crippen molar-refractivity contribution < 1.29 is 17.9 Å². The van der Waals surface area contributed by atoms with Crippen LogP contribution in [0.25, 0.3) is 0 Å². The van der Waals surface area contributed by atoms with Crippen molar-refractivity contribution in [3.8, 4) is 5.75 Å². The summed E-state index contributed by atoms with van der Waals surface area (Å²) >= 11 is 5.80. The number of amides is 1. The molecule has 0 aliphatic carbocycles. The lowest BCUT2D eigenvalue weighted by atomic mass is 10.2. The van der Waals surface area contributed by atoms with Crippen LogP contribution >= 0.6 is 11.6 Å². The fraction of sp³-hybridized carbons (Fsp3) is 0.278. The second-order valence-electron chi connectivity index (χ2n) is 5.66. The number of halogens is 1. The Morgan fingerprint density at radius 2 is 1.77 bits per heavy atom. The second-order valence-corrected chi connectivity index (χ2v) is 7.96. The Labute approximate surface area is 158 Å². The van der Waals surface area contributed by atoms with Gasteiger partial charge >= 0.3 is 0 Å². The predicted octanol–water partition coefficient (Wildman–Crippen LogP) is 2.69. The Morgan fingerprint density at radius 1 is 1.15 bits per heavy atom. The fourth-order valence-corrected chi connectivity index (χ4v) is 3.71. The number of hydrogen-bond donors (Lipinski definition) is 1. The van der Waals surface area contributed by atoms with Crippen LogP contribution in [0.3, 0.4) is 0 Å². The van der Waals surface area contributed by atoms with Crippen LogP contribution in [-0.4, -0.2) is 39.8 Å². The van der Waals surface area contributed by atoms with Gasteiger partial charge in [0.2, 0.25) is 15.9 Å². The Hall–Kier alpha value is -2.25. The van der Waals surface area contributed by atoms with Gasteiger partial charge in [-0.1, -0.05) is 29.8 Å². The van der Waals surface area contributed by atoms with Crippen molar-refractivity contribution in [1.82, 2.24) is 5.32 Å². The number of benzene rings is 2. The monoisotopic (exact) mass is 396 g/mol. The SMILES string of the molecule is C[C@H](C(=O)NCCOc1ccc(Cl)cc1)N(c1ccccc1)S(C)(=O)=O. The number of nitrogens with zero attached hydrogens (tertiary/aromatic N) is 1. The molecule has 0 unspecified atom stereocenters. The molecule has 1 N–H and O–H groups in total. The van der Waals surface area contributed by atoms with E-state index in [1.807, 2.05) is 0 Å². The zero-order valence-electron chi connectivity index (χ0n) is 14.6. The van der Waals surface area contributed by atoms with Gasteiger partial charge in [0.05, 0.1) is 18.5 Å². The summed E-state index contributed by atoms with van der Waals surface area (Å²) in [5.41, 5.74) is 0.440. The molecule has 0 radical (unpaired) electrons. The van der Waals surface area contributed by atoms with Crippen molar-refractivity contribution in [2.75, 3.05) is 23.7 Å². The maximum absolute atomic E-state index is 12.4. The van der Waals surface area contributed by atoms with Gasteiger partial charge in [0.15, 0.2) is 0 Å². The molecule has 2 rings (SSSR count). The minimum absolute atomic E-state index is 0.248. The Morgan fingerprint density at radius 3 is 2.35 bits per heavy atom. The molecule has 0 fully saturated rings. The number of ether oxygens (including phenoxy) is 1. The molecule has 0 aliphatic rings. The molecule has 2 aromatic rings. The van der Waals surface area contributed by atoms with E-state index < -0.39 is 22.0 Å². The first-order valence-corrected chi connectivity index (χ1v) is 10.2. The number of rotatable bonds is 8. The summed E-state index contributed by atoms with van der Waals surface area (Å²) in [4.78, 5) is 12.4. The highest BCUT2D eigenvalue weighted by Gasteiger charge is 2.28. The van der Waals surface area contributed by atoms with E-state index in [2.05, 4.69) is 5.32 Å². The largest absolute Gasteiger partial charge is 0.492 e. The lowest BCUT2D eigenvalue weighted by molar-refractivity contribution is -0.121. The smallest absolute Gasteiger partial charge is 0.243 e. The molecule has 6 nitrogen and oxygen atoms in total. The summed E-state index contributed by atoms with van der Waals surface area (Å²) in [7, 11) is -3.61. The highest BCUT2D eigenvalue weighted by atomic mass is 35.5. The highest BCUT2D eigenvalue weighted by Crippen LogP contribution is 2.20. The summed E-state index contributed by atoms with van der Waals surface area (Å²) in [6.07, 6.45) is 1.08. The normalized spacial score (nSPS) is 12.3. The van der Waals surface area contributed by atoms with Crippen LogP contribution < -0.4 is 14.4 Å². The lowest BCUT2D eigenvalue weighted by Crippen LogP contribution is -2.48. The summed E-state index contributed by atoms with van der Waals surface area (Å²) in [6, 6.07) is 14.5. The highest BCUT2D eigenvalue weighted by molar-refractivity contribution is 7.92. The van der Waals surface area contributed by atoms with E-state index in [9.17, 15) is 13.2 Å². The van der Waals surface area contributed by atoms with Crippen LogP contribution in [0.4, 0.5) is 5.69 Å². The van der Waals surface area contributed by atoms with Crippen molar-refractivity contribution in [2.45, 2.75) is 13.0 Å². The van der Waals surface area contributed by atoms with Gasteiger partial charge in [-0.2, -0.15) is 0 Å². The first kappa shape index (κ1) is 20.1. The van der Waals surface area contributed by atoms with Crippen molar-refractivity contribution >= 4 is 33.2 Å². The standard InChI is InChI=1S/C18H21ClN2O4S/c1-14(21(26(2,23)24)16-6-4-3-5-7-16)18(22)20-12-13-25-17-10-8-15(19)9-11-17/h3-11,14H,12-13H2,1-2H3,(H,20,22)/t14-/m1/s1. The van der Waals surface area contributed by atoms with Crippen LogP contribution in [0.5, 0.6) is 5.75 Å². The van der Waals surface area contributed by atoms with E-state index in [-0.39, 0.29) is 13.2 Å². The van der Waals surface area contributed by atoms with Crippen molar-refractivity contribution in [2.24, 2.45) is 0 Å². The molecular formula is C18H21ClN2O4S. The Kier molecular flexibility index (Phi) is 6.88. The molecular weight excluding hydrogens is 376 g/mol. The third-order valence-electron chi connectivity index (χ3n) is 3.58. The molecule has 0 heterocycles. The van der Waals surface area contributed by atoms with Crippen LogP contribution in [0.15, 0.2) is 54.6 Å². The Balaban J connectivity index is 1.93. The first-order valence-electron chi connectivity index (χ1n) is 7.99. The third kappa shape index (κ3) is 5.64. The van der Waals surface area contributed by atoms with Gasteiger partial charge in [-0.25, -0.2) is 8.42 Å². The van der Waals surface area contributed by atoms with Crippen LogP contribution in [-0.2, 0) is 14.8 Å². The lowest BCUT2D eigenvalue weighted by Gasteiger charge is -2.28. The molecule has 2 aromatic carbocycles. The number of sulfonamides is 1. The van der Waals surface area contributed by atoms with Gasteiger partial charge in [-0.05, 0) is 43.3 Å². The minimum atomic E-state index is -3.61. The number of nitrogens with one attached hydrogen (secondary N) is 1. The van der Waals surface area contributed by atoms with Crippen molar-refractivity contribution in [1.29, 1.82) is 0 Å². The zero-order chi connectivity index (χ0) is 19.2. The average molecular weight is 397 g/mol.